The van der Waals surface area contributed by atoms with E-state index in [2.05, 4.69) is 0 Å². The summed E-state index contributed by atoms with van der Waals surface area (Å²) in [6, 6.07) is 6.12. The van der Waals surface area contributed by atoms with Crippen LogP contribution in [0.5, 0.6) is 5.75 Å². The Hall–Kier alpha value is -1.97. The number of hydrogen-bond donors (Lipinski definition) is 4. The van der Waals surface area contributed by atoms with Gasteiger partial charge in [0.1, 0.15) is 35.7 Å². The molecule has 3 rings (SSSR count). The van der Waals surface area contributed by atoms with Gasteiger partial charge in [0.15, 0.2) is 0 Å². The predicted octanol–water partition coefficient (Wildman–Crippen LogP) is -0.720. The van der Waals surface area contributed by atoms with Crippen molar-refractivity contribution in [2.24, 2.45) is 0 Å². The first-order chi connectivity index (χ1) is 11.4. The van der Waals surface area contributed by atoms with Crippen LogP contribution in [0.2, 0.25) is 0 Å². The molecule has 1 aromatic carbocycles. The number of fused-ring (bicyclic) bond motifs is 1. The molecule has 0 radical (unpaired) electrons. The molecule has 0 aliphatic carbocycles. The van der Waals surface area contributed by atoms with E-state index in [1.165, 1.54) is 12.1 Å². The van der Waals surface area contributed by atoms with Gasteiger partial charge in [-0.2, -0.15) is 0 Å². The standard InChI is InChI=1S/C16H18O8/c1-7-4-12(18)23-10-5-8(2-3-9(7)10)22-16-15(21)14(20)13(19)11(6-17)24-16/h2-5,11,13-17,19-21H,6H2,1H3/t11-,13+,14-,15+,16-/m0/s1. The third-order valence-corrected chi connectivity index (χ3v) is 4.02. The minimum absolute atomic E-state index is 0.237. The zero-order valence-corrected chi connectivity index (χ0v) is 12.8. The molecule has 4 N–H and O–H groups in total. The zero-order chi connectivity index (χ0) is 17.4. The number of ether oxygens (including phenoxy) is 2. The normalized spacial score (nSPS) is 30.5. The average Bonchev–Trinajstić information content (AvgIpc) is 2.55. The number of aliphatic hydroxyl groups excluding tert-OH is 4. The van der Waals surface area contributed by atoms with Crippen LogP contribution in [0.1, 0.15) is 5.56 Å². The van der Waals surface area contributed by atoms with Gasteiger partial charge in [-0.1, -0.05) is 0 Å². The maximum atomic E-state index is 11.5. The summed E-state index contributed by atoms with van der Waals surface area (Å²) in [6.07, 6.45) is -6.85. The Balaban J connectivity index is 1.87. The molecule has 0 bridgehead atoms. The van der Waals surface area contributed by atoms with Gasteiger partial charge in [0.2, 0.25) is 6.29 Å². The van der Waals surface area contributed by atoms with Crippen LogP contribution in [0.15, 0.2) is 33.5 Å². The van der Waals surface area contributed by atoms with Crippen molar-refractivity contribution < 1.29 is 34.3 Å². The molecular formula is C16H18O8. The van der Waals surface area contributed by atoms with E-state index >= 15 is 0 Å². The van der Waals surface area contributed by atoms with Crippen molar-refractivity contribution in [3.8, 4) is 5.75 Å². The van der Waals surface area contributed by atoms with E-state index in [-0.39, 0.29) is 5.75 Å². The molecule has 1 aromatic heterocycles. The summed E-state index contributed by atoms with van der Waals surface area (Å²) >= 11 is 0. The lowest BCUT2D eigenvalue weighted by atomic mass is 9.99. The van der Waals surface area contributed by atoms with Crippen LogP contribution >= 0.6 is 0 Å². The van der Waals surface area contributed by atoms with Crippen molar-refractivity contribution >= 4 is 11.0 Å². The first-order valence-corrected chi connectivity index (χ1v) is 7.42. The molecule has 1 aliphatic heterocycles. The van der Waals surface area contributed by atoms with Crippen molar-refractivity contribution in [3.05, 3.63) is 40.2 Å². The highest BCUT2D eigenvalue weighted by atomic mass is 16.7. The Morgan fingerprint density at radius 2 is 1.88 bits per heavy atom. The molecule has 2 heterocycles. The highest BCUT2D eigenvalue weighted by Gasteiger charge is 2.44. The van der Waals surface area contributed by atoms with E-state index in [1.807, 2.05) is 0 Å². The fourth-order valence-corrected chi connectivity index (χ4v) is 2.68. The largest absolute Gasteiger partial charge is 0.462 e. The highest BCUT2D eigenvalue weighted by molar-refractivity contribution is 5.81. The second kappa shape index (κ2) is 6.50. The van der Waals surface area contributed by atoms with Crippen molar-refractivity contribution in [1.82, 2.24) is 0 Å². The molecule has 130 valence electrons. The predicted molar refractivity (Wildman–Crippen MR) is 81.6 cm³/mol. The summed E-state index contributed by atoms with van der Waals surface area (Å²) in [4.78, 5) is 11.5. The monoisotopic (exact) mass is 338 g/mol. The van der Waals surface area contributed by atoms with Crippen molar-refractivity contribution in [1.29, 1.82) is 0 Å². The molecule has 1 fully saturated rings. The topological polar surface area (TPSA) is 130 Å². The van der Waals surface area contributed by atoms with E-state index in [1.54, 1.807) is 19.1 Å². The molecule has 1 saturated heterocycles. The lowest BCUT2D eigenvalue weighted by molar-refractivity contribution is -0.277. The minimum Gasteiger partial charge on any atom is -0.462 e. The van der Waals surface area contributed by atoms with Gasteiger partial charge in [0.25, 0.3) is 0 Å². The van der Waals surface area contributed by atoms with Crippen LogP contribution in [0.3, 0.4) is 0 Å². The molecule has 1 aliphatic rings. The number of aryl methyl sites for hydroxylation is 1. The maximum absolute atomic E-state index is 11.5. The second-order valence-corrected chi connectivity index (χ2v) is 5.72. The van der Waals surface area contributed by atoms with Crippen molar-refractivity contribution in [2.75, 3.05) is 6.61 Å². The van der Waals surface area contributed by atoms with Gasteiger partial charge in [-0.3, -0.25) is 0 Å². The summed E-state index contributed by atoms with van der Waals surface area (Å²) in [5.74, 6) is 0.237. The Labute approximate surface area is 136 Å². The minimum atomic E-state index is -1.53. The van der Waals surface area contributed by atoms with Crippen molar-refractivity contribution in [2.45, 2.75) is 37.6 Å². The van der Waals surface area contributed by atoms with Crippen LogP contribution in [0.25, 0.3) is 11.0 Å². The summed E-state index contributed by atoms with van der Waals surface area (Å²) in [6.45, 7) is 1.23. The lowest BCUT2D eigenvalue weighted by Crippen LogP contribution is -2.60. The molecule has 8 heteroatoms. The molecular weight excluding hydrogens is 320 g/mol. The second-order valence-electron chi connectivity index (χ2n) is 5.72. The quantitative estimate of drug-likeness (QED) is 0.540. The lowest BCUT2D eigenvalue weighted by Gasteiger charge is -2.39. The van der Waals surface area contributed by atoms with E-state index in [9.17, 15) is 20.1 Å². The third kappa shape index (κ3) is 3.02. The SMILES string of the molecule is Cc1cc(=O)oc2cc(O[C@H]3O[C@@H](CO)[C@@H](O)[C@H](O)[C@H]3O)ccc12. The zero-order valence-electron chi connectivity index (χ0n) is 12.8. The summed E-state index contributed by atoms with van der Waals surface area (Å²) in [5, 5.41) is 39.4. The molecule has 8 nitrogen and oxygen atoms in total. The van der Waals surface area contributed by atoms with Crippen LogP contribution in [0, 0.1) is 6.92 Å². The number of aliphatic hydroxyl groups is 4. The molecule has 0 spiro atoms. The first kappa shape index (κ1) is 16.9. The van der Waals surface area contributed by atoms with E-state index in [4.69, 9.17) is 19.0 Å². The summed E-state index contributed by atoms with van der Waals surface area (Å²) < 4.78 is 15.9. The third-order valence-electron chi connectivity index (χ3n) is 4.02. The van der Waals surface area contributed by atoms with Gasteiger partial charge in [0.05, 0.1) is 6.61 Å². The molecule has 0 saturated carbocycles. The molecule has 5 atom stereocenters. The Bertz CT molecular complexity index is 783. The Morgan fingerprint density at radius 1 is 1.12 bits per heavy atom. The van der Waals surface area contributed by atoms with Crippen LogP contribution in [-0.4, -0.2) is 57.7 Å². The molecule has 0 amide bonds. The average molecular weight is 338 g/mol. The van der Waals surface area contributed by atoms with Gasteiger partial charge in [-0.15, -0.1) is 0 Å². The molecule has 0 unspecified atom stereocenters. The Morgan fingerprint density at radius 3 is 2.58 bits per heavy atom. The van der Waals surface area contributed by atoms with Gasteiger partial charge in [0, 0.05) is 17.5 Å². The van der Waals surface area contributed by atoms with Crippen LogP contribution in [0.4, 0.5) is 0 Å². The van der Waals surface area contributed by atoms with E-state index < -0.39 is 42.9 Å². The van der Waals surface area contributed by atoms with Gasteiger partial charge >= 0.3 is 5.63 Å². The van der Waals surface area contributed by atoms with Gasteiger partial charge in [-0.05, 0) is 24.6 Å². The first-order valence-electron chi connectivity index (χ1n) is 7.42. The number of benzene rings is 1. The molecule has 2 aromatic rings. The maximum Gasteiger partial charge on any atom is 0.336 e. The fraction of sp³-hybridized carbons (Fsp3) is 0.438. The van der Waals surface area contributed by atoms with Gasteiger partial charge < -0.3 is 34.3 Å². The van der Waals surface area contributed by atoms with Gasteiger partial charge in [-0.25, -0.2) is 4.79 Å². The van der Waals surface area contributed by atoms with E-state index in [0.29, 0.717) is 5.58 Å². The number of hydrogen-bond acceptors (Lipinski definition) is 8. The van der Waals surface area contributed by atoms with Crippen LogP contribution in [-0.2, 0) is 4.74 Å². The highest BCUT2D eigenvalue weighted by Crippen LogP contribution is 2.27. The fourth-order valence-electron chi connectivity index (χ4n) is 2.68. The summed E-state index contributed by atoms with van der Waals surface area (Å²) in [5.41, 5.74) is 0.563. The van der Waals surface area contributed by atoms with Crippen molar-refractivity contribution in [3.63, 3.8) is 0 Å². The smallest absolute Gasteiger partial charge is 0.336 e. The summed E-state index contributed by atoms with van der Waals surface area (Å²) in [7, 11) is 0. The molecule has 24 heavy (non-hydrogen) atoms. The number of rotatable bonds is 3. The van der Waals surface area contributed by atoms with Crippen LogP contribution < -0.4 is 10.4 Å². The van der Waals surface area contributed by atoms with E-state index in [0.717, 1.165) is 10.9 Å². The Kier molecular flexibility index (Phi) is 4.57.